The van der Waals surface area contributed by atoms with Gasteiger partial charge in [0.2, 0.25) is 0 Å². The Labute approximate surface area is 145 Å². The summed E-state index contributed by atoms with van der Waals surface area (Å²) in [6, 6.07) is 0. The SMILES string of the molecule is C/C=C\CCCC1CCC(C2CCC(COCCC)CC2)CC1. The number of allylic oxidation sites excluding steroid dienone is 2. The number of hydrogen-bond donors (Lipinski definition) is 0. The molecule has 0 amide bonds. The molecule has 1 heteroatoms. The molecule has 0 aliphatic heterocycles. The van der Waals surface area contributed by atoms with Crippen molar-refractivity contribution in [3.8, 4) is 0 Å². The third-order valence-electron chi connectivity index (χ3n) is 6.37. The van der Waals surface area contributed by atoms with Gasteiger partial charge in [-0.3, -0.25) is 0 Å². The summed E-state index contributed by atoms with van der Waals surface area (Å²) in [5.41, 5.74) is 0. The number of unbranched alkanes of at least 4 members (excludes halogenated alkanes) is 1. The summed E-state index contributed by atoms with van der Waals surface area (Å²) in [7, 11) is 0. The molecule has 0 N–H and O–H groups in total. The molecule has 0 aromatic heterocycles. The van der Waals surface area contributed by atoms with Gasteiger partial charge in [-0.1, -0.05) is 38.3 Å². The molecule has 2 rings (SSSR count). The molecule has 0 spiro atoms. The van der Waals surface area contributed by atoms with Crippen LogP contribution in [0.15, 0.2) is 12.2 Å². The maximum atomic E-state index is 5.77. The minimum Gasteiger partial charge on any atom is -0.381 e. The van der Waals surface area contributed by atoms with E-state index in [1.54, 1.807) is 0 Å². The van der Waals surface area contributed by atoms with Crippen molar-refractivity contribution in [3.05, 3.63) is 12.2 Å². The summed E-state index contributed by atoms with van der Waals surface area (Å²) >= 11 is 0. The topological polar surface area (TPSA) is 9.23 Å². The summed E-state index contributed by atoms with van der Waals surface area (Å²) in [5.74, 6) is 4.00. The first-order chi connectivity index (χ1) is 11.3. The van der Waals surface area contributed by atoms with Gasteiger partial charge in [0, 0.05) is 13.2 Å². The maximum Gasteiger partial charge on any atom is 0.0494 e. The van der Waals surface area contributed by atoms with E-state index in [0.29, 0.717) is 0 Å². The van der Waals surface area contributed by atoms with Gasteiger partial charge in [0.15, 0.2) is 0 Å². The van der Waals surface area contributed by atoms with Crippen LogP contribution in [0.4, 0.5) is 0 Å². The minimum absolute atomic E-state index is 0.862. The normalized spacial score (nSPS) is 32.4. The van der Waals surface area contributed by atoms with E-state index in [0.717, 1.165) is 43.3 Å². The molecule has 0 bridgehead atoms. The number of rotatable bonds is 9. The van der Waals surface area contributed by atoms with Gasteiger partial charge in [-0.25, -0.2) is 0 Å². The summed E-state index contributed by atoms with van der Waals surface area (Å²) < 4.78 is 5.77. The van der Waals surface area contributed by atoms with E-state index in [9.17, 15) is 0 Å². The molecule has 0 unspecified atom stereocenters. The Kier molecular flexibility index (Phi) is 9.34. The molecule has 2 saturated carbocycles. The molecular weight excluding hydrogens is 280 g/mol. The Balaban J connectivity index is 1.57. The fraction of sp³-hybridized carbons (Fsp3) is 0.909. The Morgan fingerprint density at radius 2 is 1.48 bits per heavy atom. The summed E-state index contributed by atoms with van der Waals surface area (Å²) in [6.45, 7) is 6.32. The van der Waals surface area contributed by atoms with E-state index >= 15 is 0 Å². The summed E-state index contributed by atoms with van der Waals surface area (Å²) in [4.78, 5) is 0. The van der Waals surface area contributed by atoms with Gasteiger partial charge in [-0.05, 0) is 88.4 Å². The van der Waals surface area contributed by atoms with Crippen LogP contribution in [0.5, 0.6) is 0 Å². The fourth-order valence-corrected chi connectivity index (χ4v) is 4.86. The van der Waals surface area contributed by atoms with E-state index in [1.807, 2.05) is 0 Å². The first-order valence-corrected chi connectivity index (χ1v) is 10.5. The lowest BCUT2D eigenvalue weighted by molar-refractivity contribution is 0.0648. The Hall–Kier alpha value is -0.300. The van der Waals surface area contributed by atoms with E-state index < -0.39 is 0 Å². The van der Waals surface area contributed by atoms with Gasteiger partial charge in [-0.15, -0.1) is 0 Å². The highest BCUT2D eigenvalue weighted by atomic mass is 16.5. The van der Waals surface area contributed by atoms with E-state index in [-0.39, 0.29) is 0 Å². The maximum absolute atomic E-state index is 5.77. The average Bonchev–Trinajstić information content (AvgIpc) is 2.60. The van der Waals surface area contributed by atoms with Crippen LogP contribution in [-0.4, -0.2) is 13.2 Å². The lowest BCUT2D eigenvalue weighted by Crippen LogP contribution is -2.27. The smallest absolute Gasteiger partial charge is 0.0494 e. The monoisotopic (exact) mass is 320 g/mol. The first-order valence-electron chi connectivity index (χ1n) is 10.5. The molecule has 134 valence electrons. The van der Waals surface area contributed by atoms with Crippen molar-refractivity contribution in [1.29, 1.82) is 0 Å². The van der Waals surface area contributed by atoms with Crippen molar-refractivity contribution in [2.24, 2.45) is 23.7 Å². The van der Waals surface area contributed by atoms with Gasteiger partial charge < -0.3 is 4.74 Å². The van der Waals surface area contributed by atoms with Crippen molar-refractivity contribution in [2.75, 3.05) is 13.2 Å². The Morgan fingerprint density at radius 3 is 2.04 bits per heavy atom. The molecule has 2 aliphatic rings. The molecule has 23 heavy (non-hydrogen) atoms. The zero-order chi connectivity index (χ0) is 16.3. The van der Waals surface area contributed by atoms with Gasteiger partial charge in [0.25, 0.3) is 0 Å². The standard InChI is InChI=1S/C22H40O/c1-3-5-6-7-8-19-9-13-21(14-10-19)22-15-11-20(12-16-22)18-23-17-4-2/h3,5,19-22H,4,6-18H2,1-2H3/b5-3-. The van der Waals surface area contributed by atoms with Crippen molar-refractivity contribution in [3.63, 3.8) is 0 Å². The highest BCUT2D eigenvalue weighted by Crippen LogP contribution is 2.42. The van der Waals surface area contributed by atoms with Crippen LogP contribution in [0.2, 0.25) is 0 Å². The average molecular weight is 321 g/mol. The van der Waals surface area contributed by atoms with Crippen molar-refractivity contribution < 1.29 is 4.74 Å². The second-order valence-electron chi connectivity index (χ2n) is 8.14. The van der Waals surface area contributed by atoms with E-state index in [2.05, 4.69) is 26.0 Å². The van der Waals surface area contributed by atoms with Crippen LogP contribution < -0.4 is 0 Å². The predicted octanol–water partition coefficient (Wildman–Crippen LogP) is 6.77. The third-order valence-corrected chi connectivity index (χ3v) is 6.37. The van der Waals surface area contributed by atoms with Gasteiger partial charge in [0.05, 0.1) is 0 Å². The van der Waals surface area contributed by atoms with Crippen LogP contribution in [0.1, 0.15) is 90.9 Å². The molecule has 0 saturated heterocycles. The van der Waals surface area contributed by atoms with Crippen molar-refractivity contribution >= 4 is 0 Å². The molecule has 1 nitrogen and oxygen atoms in total. The molecule has 0 aromatic rings. The molecule has 0 radical (unpaired) electrons. The Morgan fingerprint density at radius 1 is 0.870 bits per heavy atom. The van der Waals surface area contributed by atoms with Gasteiger partial charge in [-0.2, -0.15) is 0 Å². The van der Waals surface area contributed by atoms with Crippen LogP contribution in [0.3, 0.4) is 0 Å². The quantitative estimate of drug-likeness (QED) is 0.336. The van der Waals surface area contributed by atoms with Crippen LogP contribution in [0, 0.1) is 23.7 Å². The van der Waals surface area contributed by atoms with Gasteiger partial charge >= 0.3 is 0 Å². The number of ether oxygens (including phenoxy) is 1. The lowest BCUT2D eigenvalue weighted by Gasteiger charge is -2.38. The molecular formula is C22H40O. The molecule has 0 atom stereocenters. The molecule has 0 aromatic carbocycles. The zero-order valence-electron chi connectivity index (χ0n) is 15.8. The fourth-order valence-electron chi connectivity index (χ4n) is 4.86. The van der Waals surface area contributed by atoms with E-state index in [1.165, 1.54) is 70.6 Å². The van der Waals surface area contributed by atoms with Crippen LogP contribution in [0.25, 0.3) is 0 Å². The lowest BCUT2D eigenvalue weighted by atomic mass is 9.69. The van der Waals surface area contributed by atoms with Crippen molar-refractivity contribution in [2.45, 2.75) is 90.9 Å². The van der Waals surface area contributed by atoms with Crippen LogP contribution in [-0.2, 0) is 4.74 Å². The largest absolute Gasteiger partial charge is 0.381 e. The highest BCUT2D eigenvalue weighted by Gasteiger charge is 2.30. The van der Waals surface area contributed by atoms with E-state index in [4.69, 9.17) is 4.74 Å². The van der Waals surface area contributed by atoms with Crippen LogP contribution >= 0.6 is 0 Å². The first kappa shape index (κ1) is 19.0. The second-order valence-corrected chi connectivity index (χ2v) is 8.14. The molecule has 2 aliphatic carbocycles. The zero-order valence-corrected chi connectivity index (χ0v) is 15.8. The highest BCUT2D eigenvalue weighted by molar-refractivity contribution is 4.83. The Bertz CT molecular complexity index is 306. The number of hydrogen-bond acceptors (Lipinski definition) is 1. The minimum atomic E-state index is 0.862. The molecule has 0 heterocycles. The van der Waals surface area contributed by atoms with Crippen molar-refractivity contribution in [1.82, 2.24) is 0 Å². The second kappa shape index (κ2) is 11.3. The van der Waals surface area contributed by atoms with Gasteiger partial charge in [0.1, 0.15) is 0 Å². The summed E-state index contributed by atoms with van der Waals surface area (Å²) in [6.07, 6.45) is 21.7. The third kappa shape index (κ3) is 6.99. The summed E-state index contributed by atoms with van der Waals surface area (Å²) in [5, 5.41) is 0. The predicted molar refractivity (Wildman–Crippen MR) is 101 cm³/mol. The molecule has 2 fully saturated rings.